The molecule has 0 radical (unpaired) electrons. The molecule has 20 heavy (non-hydrogen) atoms. The topological polar surface area (TPSA) is 12.0 Å². The summed E-state index contributed by atoms with van der Waals surface area (Å²) in [4.78, 5) is 0. The Morgan fingerprint density at radius 3 is 2.10 bits per heavy atom. The standard InChI is InChI=1S/C18H33NS/c1-2-3-4-5-6-7-8-9-10-11-14-19-15-12-18-13-16-20-17-18/h13,16-17,19H,2-12,14-15H2,1H3. The van der Waals surface area contributed by atoms with Crippen molar-refractivity contribution in [1.82, 2.24) is 5.32 Å². The lowest BCUT2D eigenvalue weighted by molar-refractivity contribution is 0.544. The monoisotopic (exact) mass is 295 g/mol. The van der Waals surface area contributed by atoms with Crippen molar-refractivity contribution in [3.63, 3.8) is 0 Å². The van der Waals surface area contributed by atoms with Crippen LogP contribution < -0.4 is 5.32 Å². The SMILES string of the molecule is CCCCCCCCCCCCNCCc1ccsc1. The minimum atomic E-state index is 1.13. The number of hydrogen-bond donors (Lipinski definition) is 1. The summed E-state index contributed by atoms with van der Waals surface area (Å²) in [6.07, 6.45) is 15.4. The number of hydrogen-bond acceptors (Lipinski definition) is 2. The normalized spacial score (nSPS) is 11.1. The third kappa shape index (κ3) is 10.4. The molecule has 1 nitrogen and oxygen atoms in total. The Balaban J connectivity index is 1.70. The van der Waals surface area contributed by atoms with Crippen molar-refractivity contribution in [3.8, 4) is 0 Å². The van der Waals surface area contributed by atoms with Crippen molar-refractivity contribution in [2.24, 2.45) is 0 Å². The van der Waals surface area contributed by atoms with Crippen LogP contribution in [0, 0.1) is 0 Å². The molecule has 0 aliphatic rings. The Kier molecular flexibility index (Phi) is 12.1. The average Bonchev–Trinajstić information content (AvgIpc) is 2.97. The summed E-state index contributed by atoms with van der Waals surface area (Å²) in [5, 5.41) is 7.97. The van der Waals surface area contributed by atoms with E-state index in [9.17, 15) is 0 Å². The first-order valence-corrected chi connectivity index (χ1v) is 9.59. The van der Waals surface area contributed by atoms with E-state index in [1.807, 2.05) is 0 Å². The predicted octanol–water partition coefficient (Wildman–Crippen LogP) is 5.80. The smallest absolute Gasteiger partial charge is 0.000806 e. The summed E-state index contributed by atoms with van der Waals surface area (Å²) >= 11 is 1.80. The van der Waals surface area contributed by atoms with Gasteiger partial charge in [0.1, 0.15) is 0 Å². The highest BCUT2D eigenvalue weighted by molar-refractivity contribution is 7.07. The quantitative estimate of drug-likeness (QED) is 0.428. The fourth-order valence-corrected chi connectivity index (χ4v) is 3.23. The molecule has 1 rings (SSSR count). The van der Waals surface area contributed by atoms with Crippen LogP contribution in [0.1, 0.15) is 76.7 Å². The van der Waals surface area contributed by atoms with Gasteiger partial charge in [-0.1, -0.05) is 64.7 Å². The zero-order valence-electron chi connectivity index (χ0n) is 13.3. The zero-order chi connectivity index (χ0) is 14.3. The van der Waals surface area contributed by atoms with Crippen molar-refractivity contribution in [1.29, 1.82) is 0 Å². The van der Waals surface area contributed by atoms with Crippen LogP contribution in [0.15, 0.2) is 16.8 Å². The molecule has 0 aromatic carbocycles. The van der Waals surface area contributed by atoms with Crippen LogP contribution in [-0.4, -0.2) is 13.1 Å². The van der Waals surface area contributed by atoms with Gasteiger partial charge in [-0.2, -0.15) is 11.3 Å². The molecule has 0 amide bonds. The van der Waals surface area contributed by atoms with Gasteiger partial charge in [0.25, 0.3) is 0 Å². The molecule has 0 aliphatic heterocycles. The van der Waals surface area contributed by atoms with E-state index < -0.39 is 0 Å². The average molecular weight is 296 g/mol. The molecule has 116 valence electrons. The summed E-state index contributed by atoms with van der Waals surface area (Å²) in [6, 6.07) is 2.23. The summed E-state index contributed by atoms with van der Waals surface area (Å²) in [5.74, 6) is 0. The molecule has 0 spiro atoms. The van der Waals surface area contributed by atoms with E-state index in [0.717, 1.165) is 6.54 Å². The maximum absolute atomic E-state index is 3.55. The number of nitrogens with one attached hydrogen (secondary N) is 1. The fourth-order valence-electron chi connectivity index (χ4n) is 2.53. The molecule has 0 saturated carbocycles. The highest BCUT2D eigenvalue weighted by atomic mass is 32.1. The van der Waals surface area contributed by atoms with Gasteiger partial charge < -0.3 is 5.32 Å². The van der Waals surface area contributed by atoms with Gasteiger partial charge in [-0.3, -0.25) is 0 Å². The summed E-state index contributed by atoms with van der Waals surface area (Å²) < 4.78 is 0. The minimum absolute atomic E-state index is 1.13. The zero-order valence-corrected chi connectivity index (χ0v) is 14.1. The Hall–Kier alpha value is -0.340. The molecule has 1 aromatic rings. The molecule has 0 bridgehead atoms. The Bertz CT molecular complexity index is 282. The van der Waals surface area contributed by atoms with Crippen LogP contribution in [0.4, 0.5) is 0 Å². The van der Waals surface area contributed by atoms with Gasteiger partial charge in [-0.25, -0.2) is 0 Å². The lowest BCUT2D eigenvalue weighted by Gasteiger charge is -2.04. The molecule has 0 atom stereocenters. The maximum Gasteiger partial charge on any atom is -0.000806 e. The fraction of sp³-hybridized carbons (Fsp3) is 0.778. The second-order valence-electron chi connectivity index (χ2n) is 5.81. The van der Waals surface area contributed by atoms with Crippen molar-refractivity contribution < 1.29 is 0 Å². The summed E-state index contributed by atoms with van der Waals surface area (Å²) in [6.45, 7) is 4.61. The van der Waals surface area contributed by atoms with E-state index in [4.69, 9.17) is 0 Å². The van der Waals surface area contributed by atoms with E-state index in [2.05, 4.69) is 29.1 Å². The third-order valence-electron chi connectivity index (χ3n) is 3.88. The first kappa shape index (κ1) is 17.7. The highest BCUT2D eigenvalue weighted by Crippen LogP contribution is 2.10. The molecule has 0 aliphatic carbocycles. The van der Waals surface area contributed by atoms with Crippen molar-refractivity contribution in [2.75, 3.05) is 13.1 Å². The van der Waals surface area contributed by atoms with Crippen LogP contribution in [0.25, 0.3) is 0 Å². The number of rotatable bonds is 14. The molecule has 1 N–H and O–H groups in total. The van der Waals surface area contributed by atoms with E-state index in [0.29, 0.717) is 0 Å². The molecule has 1 aromatic heterocycles. The predicted molar refractivity (Wildman–Crippen MR) is 92.7 cm³/mol. The van der Waals surface area contributed by atoms with Crippen molar-refractivity contribution in [3.05, 3.63) is 22.4 Å². The van der Waals surface area contributed by atoms with E-state index in [-0.39, 0.29) is 0 Å². The number of unbranched alkanes of at least 4 members (excludes halogenated alkanes) is 9. The van der Waals surface area contributed by atoms with Crippen LogP contribution in [0.2, 0.25) is 0 Å². The molecular weight excluding hydrogens is 262 g/mol. The van der Waals surface area contributed by atoms with Gasteiger partial charge in [0, 0.05) is 0 Å². The van der Waals surface area contributed by atoms with Gasteiger partial charge in [0.2, 0.25) is 0 Å². The van der Waals surface area contributed by atoms with Crippen molar-refractivity contribution in [2.45, 2.75) is 77.6 Å². The van der Waals surface area contributed by atoms with Gasteiger partial charge in [0.15, 0.2) is 0 Å². The molecule has 0 fully saturated rings. The molecule has 1 heterocycles. The minimum Gasteiger partial charge on any atom is -0.316 e. The van der Waals surface area contributed by atoms with Gasteiger partial charge in [-0.15, -0.1) is 0 Å². The largest absolute Gasteiger partial charge is 0.316 e. The van der Waals surface area contributed by atoms with E-state index >= 15 is 0 Å². The Morgan fingerprint density at radius 2 is 1.50 bits per heavy atom. The Labute approximate surface area is 130 Å². The molecule has 0 unspecified atom stereocenters. The first-order valence-electron chi connectivity index (χ1n) is 8.65. The third-order valence-corrected chi connectivity index (χ3v) is 4.61. The van der Waals surface area contributed by atoms with Crippen LogP contribution in [-0.2, 0) is 6.42 Å². The second kappa shape index (κ2) is 13.6. The highest BCUT2D eigenvalue weighted by Gasteiger charge is 1.94. The first-order chi connectivity index (χ1) is 9.93. The van der Waals surface area contributed by atoms with Crippen LogP contribution in [0.3, 0.4) is 0 Å². The van der Waals surface area contributed by atoms with Gasteiger partial charge in [-0.05, 0) is 48.3 Å². The second-order valence-corrected chi connectivity index (χ2v) is 6.59. The maximum atomic E-state index is 3.55. The van der Waals surface area contributed by atoms with Crippen LogP contribution >= 0.6 is 11.3 Å². The molecular formula is C18H33NS. The Morgan fingerprint density at radius 1 is 0.850 bits per heavy atom. The lowest BCUT2D eigenvalue weighted by atomic mass is 10.1. The van der Waals surface area contributed by atoms with E-state index in [1.54, 1.807) is 11.3 Å². The number of thiophene rings is 1. The molecule has 2 heteroatoms. The van der Waals surface area contributed by atoms with E-state index in [1.165, 1.54) is 82.7 Å². The molecule has 0 saturated heterocycles. The van der Waals surface area contributed by atoms with Gasteiger partial charge >= 0.3 is 0 Å². The lowest BCUT2D eigenvalue weighted by Crippen LogP contribution is -2.18. The van der Waals surface area contributed by atoms with Gasteiger partial charge in [0.05, 0.1) is 0 Å². The summed E-state index contributed by atoms with van der Waals surface area (Å²) in [7, 11) is 0. The van der Waals surface area contributed by atoms with Crippen LogP contribution in [0.5, 0.6) is 0 Å². The summed E-state index contributed by atoms with van der Waals surface area (Å²) in [5.41, 5.74) is 1.48. The van der Waals surface area contributed by atoms with Crippen molar-refractivity contribution >= 4 is 11.3 Å².